The van der Waals surface area contributed by atoms with Crippen LogP contribution < -0.4 is 0 Å². The van der Waals surface area contributed by atoms with Crippen LogP contribution in [0.15, 0.2) is 121 Å². The van der Waals surface area contributed by atoms with Gasteiger partial charge in [0, 0.05) is 0 Å². The molecule has 0 saturated heterocycles. The van der Waals surface area contributed by atoms with Gasteiger partial charge in [0.1, 0.15) is 0 Å². The van der Waals surface area contributed by atoms with E-state index in [2.05, 4.69) is 142 Å². The van der Waals surface area contributed by atoms with Crippen LogP contribution >= 0.6 is 24.8 Å². The number of hydrogen-bond acceptors (Lipinski definition) is 0. The van der Waals surface area contributed by atoms with Gasteiger partial charge in [0.2, 0.25) is 0 Å². The zero-order valence-electron chi connectivity index (χ0n) is 23.8. The Morgan fingerprint density at radius 2 is 0.850 bits per heavy atom. The number of rotatable bonds is 4. The molecule has 0 fully saturated rings. The number of aryl methyl sites for hydroxylation is 2. The molecule has 4 heteroatoms. The van der Waals surface area contributed by atoms with Crippen LogP contribution in [0.5, 0.6) is 0 Å². The summed E-state index contributed by atoms with van der Waals surface area (Å²) in [5.41, 5.74) is 8.25. The fourth-order valence-electron chi connectivity index (χ4n) is 4.83. The van der Waals surface area contributed by atoms with Crippen molar-refractivity contribution in [3.63, 3.8) is 0 Å². The molecule has 2 radical (unpaired) electrons. The number of hydrogen-bond donors (Lipinski definition) is 0. The van der Waals surface area contributed by atoms with Gasteiger partial charge in [-0.3, -0.25) is 0 Å². The summed E-state index contributed by atoms with van der Waals surface area (Å²) in [4.78, 5) is 0. The monoisotopic (exact) mass is 658 g/mol. The average Bonchev–Trinajstić information content (AvgIpc) is 3.59. The molecule has 6 aromatic carbocycles. The van der Waals surface area contributed by atoms with Crippen LogP contribution in [0.25, 0.3) is 43.8 Å². The van der Waals surface area contributed by atoms with Crippen molar-refractivity contribution in [1.29, 1.82) is 0 Å². The molecular weight excluding hydrogens is 623 g/mol. The molecule has 0 aliphatic carbocycles. The van der Waals surface area contributed by atoms with E-state index in [1.807, 2.05) is 0 Å². The first-order valence-electron chi connectivity index (χ1n) is 12.5. The summed E-state index contributed by atoms with van der Waals surface area (Å²) in [7, 11) is 0. The van der Waals surface area contributed by atoms with Crippen molar-refractivity contribution in [3.05, 3.63) is 147 Å². The summed E-state index contributed by atoms with van der Waals surface area (Å²) in [5.74, 6) is 0. The first kappa shape index (κ1) is 37.8. The SMILES string of the molecule is CCc1ccccc1-c1cc2ccccc2[cH-]1.CCc1ccccc1-c1cc2ccccc2[cH-]1.Cl.Cl.[CH3-].[CH3-].[Si]=[Zr]. The Morgan fingerprint density at radius 1 is 0.525 bits per heavy atom. The van der Waals surface area contributed by atoms with E-state index in [0.717, 1.165) is 12.8 Å². The Kier molecular flexibility index (Phi) is 17.9. The van der Waals surface area contributed by atoms with E-state index in [1.54, 1.807) is 0 Å². The van der Waals surface area contributed by atoms with Crippen LogP contribution in [-0.2, 0) is 36.2 Å². The molecule has 0 unspecified atom stereocenters. The number of benzene rings is 4. The van der Waals surface area contributed by atoms with Crippen LogP contribution in [0.3, 0.4) is 0 Å². The van der Waals surface area contributed by atoms with E-state index >= 15 is 0 Å². The molecule has 208 valence electrons. The van der Waals surface area contributed by atoms with Gasteiger partial charge in [0.25, 0.3) is 0 Å². The maximum absolute atomic E-state index is 3.06. The van der Waals surface area contributed by atoms with Crippen molar-refractivity contribution >= 4 is 53.2 Å². The van der Waals surface area contributed by atoms with Gasteiger partial charge in [-0.05, 0) is 12.8 Å². The second-order valence-electron chi connectivity index (χ2n) is 8.77. The second kappa shape index (κ2) is 19.0. The van der Waals surface area contributed by atoms with Crippen LogP contribution in [0.1, 0.15) is 25.0 Å². The van der Waals surface area contributed by atoms with Crippen molar-refractivity contribution in [1.82, 2.24) is 0 Å². The van der Waals surface area contributed by atoms with Gasteiger partial charge in [0.05, 0.1) is 0 Å². The molecule has 0 heterocycles. The summed E-state index contributed by atoms with van der Waals surface area (Å²) >= 11 is 1.36. The van der Waals surface area contributed by atoms with Crippen LogP contribution in [-0.4, -0.2) is 6.88 Å². The molecule has 0 aliphatic heterocycles. The van der Waals surface area contributed by atoms with E-state index in [0.29, 0.717) is 0 Å². The standard InChI is InChI=1S/2C17H15.2CH3.2ClH.Si.Zr/c2*1-2-13-7-5-6-10-17(13)16-11-14-8-3-4-9-15(14)12-16;;;;;;/h2*3-12H,2H2,1H3;2*1H3;2*1H;;/q4*-1;;;;. The predicted octanol–water partition coefficient (Wildman–Crippen LogP) is 10.9. The van der Waals surface area contributed by atoms with Crippen LogP contribution in [0, 0.1) is 14.9 Å². The summed E-state index contributed by atoms with van der Waals surface area (Å²) in [6, 6.07) is 43.5. The van der Waals surface area contributed by atoms with E-state index in [9.17, 15) is 0 Å². The van der Waals surface area contributed by atoms with Gasteiger partial charge in [-0.15, -0.1) is 93.9 Å². The van der Waals surface area contributed by atoms with Gasteiger partial charge in [-0.2, -0.15) is 0 Å². The van der Waals surface area contributed by atoms with Crippen molar-refractivity contribution in [2.45, 2.75) is 26.7 Å². The molecule has 0 amide bonds. The summed E-state index contributed by atoms with van der Waals surface area (Å²) in [6.45, 7) is 7.48. The Balaban J connectivity index is 0.000000655. The Bertz CT molecular complexity index is 1380. The zero-order valence-corrected chi connectivity index (χ0v) is 28.9. The Labute approximate surface area is 271 Å². The first-order chi connectivity index (χ1) is 17.8. The summed E-state index contributed by atoms with van der Waals surface area (Å²) < 4.78 is 0. The summed E-state index contributed by atoms with van der Waals surface area (Å²) in [5, 5.41) is 5.31. The van der Waals surface area contributed by atoms with E-state index < -0.39 is 0 Å². The van der Waals surface area contributed by atoms with Crippen LogP contribution in [0.4, 0.5) is 0 Å². The van der Waals surface area contributed by atoms with Crippen molar-refractivity contribution in [3.8, 4) is 22.3 Å². The van der Waals surface area contributed by atoms with Crippen molar-refractivity contribution < 1.29 is 23.3 Å². The molecule has 6 rings (SSSR count). The van der Waals surface area contributed by atoms with Gasteiger partial charge in [-0.1, -0.05) is 121 Å². The van der Waals surface area contributed by atoms with E-state index in [-0.39, 0.29) is 39.7 Å². The third-order valence-electron chi connectivity index (χ3n) is 6.65. The van der Waals surface area contributed by atoms with Crippen molar-refractivity contribution in [2.75, 3.05) is 0 Å². The number of fused-ring (bicyclic) bond motifs is 2. The normalized spacial score (nSPS) is 9.32. The van der Waals surface area contributed by atoms with Crippen molar-refractivity contribution in [2.24, 2.45) is 0 Å². The molecule has 6 aromatic rings. The molecule has 0 nitrogen and oxygen atoms in total. The molecule has 40 heavy (non-hydrogen) atoms. The van der Waals surface area contributed by atoms with Gasteiger partial charge < -0.3 is 14.9 Å². The fraction of sp³-hybridized carbons (Fsp3) is 0.111. The fourth-order valence-corrected chi connectivity index (χ4v) is 4.83. The third kappa shape index (κ3) is 8.89. The van der Waals surface area contributed by atoms with E-state index in [1.165, 1.54) is 78.3 Å². The third-order valence-corrected chi connectivity index (χ3v) is 6.65. The predicted molar refractivity (Wildman–Crippen MR) is 182 cm³/mol. The quantitative estimate of drug-likeness (QED) is 0.130. The zero-order chi connectivity index (χ0) is 25.3. The summed E-state index contributed by atoms with van der Waals surface area (Å²) in [6.07, 6.45) is 2.16. The first-order valence-corrected chi connectivity index (χ1v) is 16.7. The molecule has 0 aliphatic rings. The number of halogens is 2. The topological polar surface area (TPSA) is 0 Å². The minimum atomic E-state index is 0. The van der Waals surface area contributed by atoms with Gasteiger partial charge in [-0.25, -0.2) is 0 Å². The van der Waals surface area contributed by atoms with Gasteiger partial charge >= 0.3 is 30.2 Å². The van der Waals surface area contributed by atoms with Gasteiger partial charge in [0.15, 0.2) is 0 Å². The van der Waals surface area contributed by atoms with E-state index in [4.69, 9.17) is 0 Å². The maximum atomic E-state index is 3.06. The second-order valence-corrected chi connectivity index (χ2v) is 8.77. The molecule has 0 aromatic heterocycles. The molecule has 0 bridgehead atoms. The minimum absolute atomic E-state index is 0. The molecular formula is C36H38Cl2SiZr-4. The average molecular weight is 661 g/mol. The Morgan fingerprint density at radius 3 is 1.20 bits per heavy atom. The molecule has 0 saturated carbocycles. The molecule has 0 spiro atoms. The van der Waals surface area contributed by atoms with Crippen LogP contribution in [0.2, 0.25) is 0 Å². The molecule has 0 atom stereocenters. The molecule has 0 N–H and O–H groups in total. The Hall–Kier alpha value is -2.22.